The van der Waals surface area contributed by atoms with Gasteiger partial charge in [0.1, 0.15) is 6.10 Å². The maximum atomic E-state index is 11.6. The fraction of sp³-hybridized carbons (Fsp3) is 0.500. The molecule has 2 heterocycles. The number of likely N-dealkylation sites (tertiary alicyclic amines) is 1. The Morgan fingerprint density at radius 3 is 3.06 bits per heavy atom. The average molecular weight is 334 g/mol. The van der Waals surface area contributed by atoms with Crippen LogP contribution in [-0.2, 0) is 4.79 Å². The van der Waals surface area contributed by atoms with Crippen molar-refractivity contribution in [1.29, 1.82) is 0 Å². The Labute approximate surface area is 119 Å². The smallest absolute Gasteiger partial charge is 0.228 e. The molecule has 2 rings (SSSR count). The van der Waals surface area contributed by atoms with Gasteiger partial charge in [0, 0.05) is 18.5 Å². The predicted molar refractivity (Wildman–Crippen MR) is 72.9 cm³/mol. The SMILES string of the molecule is O=C(CCCCl)N1CC(Oc2ncccc2Br)C1. The molecular formula is C12H14BrClN2O2. The lowest BCUT2D eigenvalue weighted by atomic mass is 10.1. The van der Waals surface area contributed by atoms with Crippen LogP contribution in [0.15, 0.2) is 22.8 Å². The molecule has 1 aromatic heterocycles. The first-order valence-corrected chi connectivity index (χ1v) is 7.14. The number of rotatable bonds is 5. The first kappa shape index (κ1) is 13.6. The van der Waals surface area contributed by atoms with Gasteiger partial charge in [0.15, 0.2) is 0 Å². The van der Waals surface area contributed by atoms with Crippen LogP contribution >= 0.6 is 27.5 Å². The molecule has 1 amide bonds. The van der Waals surface area contributed by atoms with Crippen molar-refractivity contribution in [2.45, 2.75) is 18.9 Å². The highest BCUT2D eigenvalue weighted by molar-refractivity contribution is 9.10. The Balaban J connectivity index is 1.76. The second-order valence-electron chi connectivity index (χ2n) is 4.12. The summed E-state index contributed by atoms with van der Waals surface area (Å²) in [4.78, 5) is 17.6. The lowest BCUT2D eigenvalue weighted by Gasteiger charge is -2.38. The van der Waals surface area contributed by atoms with E-state index in [4.69, 9.17) is 16.3 Å². The highest BCUT2D eigenvalue weighted by Crippen LogP contribution is 2.24. The number of ether oxygens (including phenoxy) is 1. The Bertz CT molecular complexity index is 424. The van der Waals surface area contributed by atoms with E-state index in [2.05, 4.69) is 20.9 Å². The van der Waals surface area contributed by atoms with E-state index in [1.165, 1.54) is 0 Å². The lowest BCUT2D eigenvalue weighted by Crippen LogP contribution is -2.56. The molecule has 18 heavy (non-hydrogen) atoms. The molecule has 0 spiro atoms. The van der Waals surface area contributed by atoms with Crippen molar-refractivity contribution in [3.8, 4) is 5.88 Å². The van der Waals surface area contributed by atoms with Gasteiger partial charge in [-0.1, -0.05) is 0 Å². The average Bonchev–Trinajstić information content (AvgIpc) is 2.32. The maximum absolute atomic E-state index is 11.6. The van der Waals surface area contributed by atoms with Crippen LogP contribution in [-0.4, -0.2) is 40.9 Å². The summed E-state index contributed by atoms with van der Waals surface area (Å²) in [6.07, 6.45) is 2.97. The van der Waals surface area contributed by atoms with E-state index in [1.807, 2.05) is 12.1 Å². The zero-order valence-electron chi connectivity index (χ0n) is 9.81. The van der Waals surface area contributed by atoms with E-state index in [-0.39, 0.29) is 12.0 Å². The molecular weight excluding hydrogens is 320 g/mol. The third-order valence-electron chi connectivity index (χ3n) is 2.73. The van der Waals surface area contributed by atoms with Crippen molar-refractivity contribution in [2.24, 2.45) is 0 Å². The summed E-state index contributed by atoms with van der Waals surface area (Å²) in [6, 6.07) is 3.71. The molecule has 0 radical (unpaired) electrons. The fourth-order valence-corrected chi connectivity index (χ4v) is 2.19. The van der Waals surface area contributed by atoms with Crippen LogP contribution in [0.5, 0.6) is 5.88 Å². The van der Waals surface area contributed by atoms with Gasteiger partial charge in [-0.05, 0) is 34.5 Å². The molecule has 0 aromatic carbocycles. The summed E-state index contributed by atoms with van der Waals surface area (Å²) in [5.41, 5.74) is 0. The quantitative estimate of drug-likeness (QED) is 0.777. The van der Waals surface area contributed by atoms with Crippen molar-refractivity contribution >= 4 is 33.4 Å². The van der Waals surface area contributed by atoms with Gasteiger partial charge in [-0.25, -0.2) is 4.98 Å². The molecule has 1 fully saturated rings. The van der Waals surface area contributed by atoms with Crippen LogP contribution in [0.25, 0.3) is 0 Å². The molecule has 1 aromatic rings. The third-order valence-corrected chi connectivity index (χ3v) is 3.60. The fourth-order valence-electron chi connectivity index (χ4n) is 1.71. The number of hydrogen-bond donors (Lipinski definition) is 0. The van der Waals surface area contributed by atoms with Gasteiger partial charge in [-0.2, -0.15) is 0 Å². The third kappa shape index (κ3) is 3.36. The number of alkyl halides is 1. The molecule has 98 valence electrons. The van der Waals surface area contributed by atoms with Crippen molar-refractivity contribution in [2.75, 3.05) is 19.0 Å². The topological polar surface area (TPSA) is 42.4 Å². The van der Waals surface area contributed by atoms with E-state index in [0.717, 1.165) is 10.9 Å². The maximum Gasteiger partial charge on any atom is 0.228 e. The summed E-state index contributed by atoms with van der Waals surface area (Å²) < 4.78 is 6.52. The van der Waals surface area contributed by atoms with Crippen molar-refractivity contribution in [3.05, 3.63) is 22.8 Å². The van der Waals surface area contributed by atoms with Crippen LogP contribution in [0.4, 0.5) is 0 Å². The number of pyridine rings is 1. The Kier molecular flexibility index (Phi) is 4.83. The Morgan fingerprint density at radius 2 is 2.39 bits per heavy atom. The van der Waals surface area contributed by atoms with Crippen molar-refractivity contribution in [3.63, 3.8) is 0 Å². The van der Waals surface area contributed by atoms with Crippen LogP contribution in [0.3, 0.4) is 0 Å². The minimum absolute atomic E-state index is 0.0381. The van der Waals surface area contributed by atoms with Crippen molar-refractivity contribution < 1.29 is 9.53 Å². The second-order valence-corrected chi connectivity index (χ2v) is 5.35. The van der Waals surface area contributed by atoms with E-state index in [9.17, 15) is 4.79 Å². The minimum Gasteiger partial charge on any atom is -0.470 e. The molecule has 1 saturated heterocycles. The summed E-state index contributed by atoms with van der Waals surface area (Å²) >= 11 is 8.93. The highest BCUT2D eigenvalue weighted by Gasteiger charge is 2.32. The number of hydrogen-bond acceptors (Lipinski definition) is 3. The molecule has 6 heteroatoms. The van der Waals surface area contributed by atoms with Gasteiger partial charge < -0.3 is 9.64 Å². The van der Waals surface area contributed by atoms with E-state index in [0.29, 0.717) is 31.3 Å². The zero-order chi connectivity index (χ0) is 13.0. The number of nitrogens with zero attached hydrogens (tertiary/aromatic N) is 2. The number of amides is 1. The Morgan fingerprint density at radius 1 is 1.61 bits per heavy atom. The first-order chi connectivity index (χ1) is 8.70. The molecule has 0 bridgehead atoms. The number of aromatic nitrogens is 1. The van der Waals surface area contributed by atoms with E-state index < -0.39 is 0 Å². The number of halogens is 2. The Hall–Kier alpha value is -0.810. The normalized spacial score (nSPS) is 15.3. The van der Waals surface area contributed by atoms with Crippen LogP contribution in [0.2, 0.25) is 0 Å². The minimum atomic E-state index is 0.0381. The van der Waals surface area contributed by atoms with Gasteiger partial charge >= 0.3 is 0 Å². The second kappa shape index (κ2) is 6.38. The summed E-state index contributed by atoms with van der Waals surface area (Å²) in [5.74, 6) is 1.26. The van der Waals surface area contributed by atoms with Crippen LogP contribution in [0.1, 0.15) is 12.8 Å². The molecule has 0 atom stereocenters. The molecule has 1 aliphatic rings. The van der Waals surface area contributed by atoms with Crippen LogP contribution in [0, 0.1) is 0 Å². The van der Waals surface area contributed by atoms with Crippen LogP contribution < -0.4 is 4.74 Å². The molecule has 0 unspecified atom stereocenters. The first-order valence-electron chi connectivity index (χ1n) is 5.81. The van der Waals surface area contributed by atoms with E-state index in [1.54, 1.807) is 11.1 Å². The van der Waals surface area contributed by atoms with Gasteiger partial charge in [0.25, 0.3) is 0 Å². The predicted octanol–water partition coefficient (Wildman–Crippen LogP) is 2.45. The highest BCUT2D eigenvalue weighted by atomic mass is 79.9. The molecule has 0 N–H and O–H groups in total. The molecule has 4 nitrogen and oxygen atoms in total. The summed E-state index contributed by atoms with van der Waals surface area (Å²) in [7, 11) is 0. The van der Waals surface area contributed by atoms with Gasteiger partial charge in [0.2, 0.25) is 11.8 Å². The van der Waals surface area contributed by atoms with E-state index >= 15 is 0 Å². The zero-order valence-corrected chi connectivity index (χ0v) is 12.2. The largest absolute Gasteiger partial charge is 0.470 e. The monoisotopic (exact) mass is 332 g/mol. The molecule has 0 saturated carbocycles. The molecule has 1 aliphatic heterocycles. The summed E-state index contributed by atoms with van der Waals surface area (Å²) in [5, 5.41) is 0. The van der Waals surface area contributed by atoms with Gasteiger partial charge in [0.05, 0.1) is 17.6 Å². The summed E-state index contributed by atoms with van der Waals surface area (Å²) in [6.45, 7) is 1.26. The lowest BCUT2D eigenvalue weighted by molar-refractivity contribution is -0.140. The van der Waals surface area contributed by atoms with Crippen molar-refractivity contribution in [1.82, 2.24) is 9.88 Å². The van der Waals surface area contributed by atoms with Gasteiger partial charge in [-0.15, -0.1) is 11.6 Å². The standard InChI is InChI=1S/C12H14BrClN2O2/c13-10-3-2-6-15-12(10)18-9-7-16(8-9)11(17)4-1-5-14/h2-3,6,9H,1,4-5,7-8H2. The number of carbonyl (C=O) groups is 1. The number of carbonyl (C=O) groups excluding carboxylic acids is 1. The van der Waals surface area contributed by atoms with Gasteiger partial charge in [-0.3, -0.25) is 4.79 Å². The molecule has 0 aliphatic carbocycles.